The first kappa shape index (κ1) is 18.1. The zero-order valence-electron chi connectivity index (χ0n) is 14.2. The van der Waals surface area contributed by atoms with E-state index in [-0.39, 0.29) is 11.8 Å². The van der Waals surface area contributed by atoms with Gasteiger partial charge in [0, 0.05) is 28.9 Å². The summed E-state index contributed by atoms with van der Waals surface area (Å²) in [5.41, 5.74) is 2.86. The van der Waals surface area contributed by atoms with Gasteiger partial charge in [0.1, 0.15) is 9.88 Å². The lowest BCUT2D eigenvalue weighted by Gasteiger charge is -2.06. The van der Waals surface area contributed by atoms with E-state index in [0.29, 0.717) is 27.0 Å². The van der Waals surface area contributed by atoms with Gasteiger partial charge >= 0.3 is 0 Å². The topological polar surface area (TPSA) is 71.1 Å². The van der Waals surface area contributed by atoms with Crippen LogP contribution in [0.3, 0.4) is 0 Å². The van der Waals surface area contributed by atoms with E-state index < -0.39 is 0 Å². The number of halogens is 1. The third kappa shape index (κ3) is 4.28. The van der Waals surface area contributed by atoms with Gasteiger partial charge in [-0.15, -0.1) is 11.3 Å². The van der Waals surface area contributed by atoms with E-state index in [1.54, 1.807) is 37.3 Å². The molecule has 2 aromatic carbocycles. The molecule has 2 N–H and O–H groups in total. The van der Waals surface area contributed by atoms with Crippen molar-refractivity contribution in [3.05, 3.63) is 64.1 Å². The molecule has 2 amide bonds. The number of thiazole rings is 1. The molecule has 3 rings (SSSR count). The van der Waals surface area contributed by atoms with E-state index in [9.17, 15) is 9.59 Å². The van der Waals surface area contributed by atoms with E-state index >= 15 is 0 Å². The van der Waals surface area contributed by atoms with Gasteiger partial charge in [-0.25, -0.2) is 4.98 Å². The first-order chi connectivity index (χ1) is 12.4. The van der Waals surface area contributed by atoms with Gasteiger partial charge in [0.25, 0.3) is 5.91 Å². The molecular weight excluding hydrogens is 370 g/mol. The number of aryl methyl sites for hydroxylation is 1. The Bertz CT molecular complexity index is 967. The lowest BCUT2D eigenvalue weighted by atomic mass is 10.2. The molecule has 0 aliphatic rings. The van der Waals surface area contributed by atoms with Crippen molar-refractivity contribution >= 4 is 46.1 Å². The van der Waals surface area contributed by atoms with Crippen LogP contribution in [0.2, 0.25) is 5.02 Å². The second kappa shape index (κ2) is 7.68. The average Bonchev–Trinajstić information content (AvgIpc) is 2.98. The van der Waals surface area contributed by atoms with Crippen molar-refractivity contribution in [3.8, 4) is 10.6 Å². The normalized spacial score (nSPS) is 10.4. The Kier molecular flexibility index (Phi) is 5.35. The molecule has 0 spiro atoms. The van der Waals surface area contributed by atoms with Gasteiger partial charge in [-0.3, -0.25) is 9.59 Å². The maximum atomic E-state index is 12.6. The van der Waals surface area contributed by atoms with Gasteiger partial charge in [-0.2, -0.15) is 0 Å². The van der Waals surface area contributed by atoms with Gasteiger partial charge in [-0.1, -0.05) is 23.7 Å². The van der Waals surface area contributed by atoms with Gasteiger partial charge in [0.05, 0.1) is 5.69 Å². The van der Waals surface area contributed by atoms with Crippen LogP contribution in [0.15, 0.2) is 48.5 Å². The largest absolute Gasteiger partial charge is 0.326 e. The lowest BCUT2D eigenvalue weighted by Crippen LogP contribution is -2.11. The highest BCUT2D eigenvalue weighted by molar-refractivity contribution is 7.17. The summed E-state index contributed by atoms with van der Waals surface area (Å²) in [7, 11) is 0. The summed E-state index contributed by atoms with van der Waals surface area (Å²) in [6.07, 6.45) is 0. The molecule has 0 unspecified atom stereocenters. The molecule has 26 heavy (non-hydrogen) atoms. The highest BCUT2D eigenvalue weighted by atomic mass is 35.5. The minimum atomic E-state index is -0.222. The molecule has 0 atom stereocenters. The van der Waals surface area contributed by atoms with E-state index in [0.717, 1.165) is 10.6 Å². The highest BCUT2D eigenvalue weighted by Gasteiger charge is 2.16. The molecule has 5 nitrogen and oxygen atoms in total. The fourth-order valence-electron chi connectivity index (χ4n) is 2.38. The average molecular weight is 386 g/mol. The van der Waals surface area contributed by atoms with Gasteiger partial charge in [0.2, 0.25) is 5.91 Å². The number of nitrogens with zero attached hydrogens (tertiary/aromatic N) is 1. The molecule has 7 heteroatoms. The number of rotatable bonds is 4. The van der Waals surface area contributed by atoms with Gasteiger partial charge in [-0.05, 0) is 43.3 Å². The predicted molar refractivity (Wildman–Crippen MR) is 106 cm³/mol. The van der Waals surface area contributed by atoms with E-state index in [1.165, 1.54) is 18.3 Å². The Morgan fingerprint density at radius 2 is 1.69 bits per heavy atom. The Hall–Kier alpha value is -2.70. The summed E-state index contributed by atoms with van der Waals surface area (Å²) in [6.45, 7) is 3.25. The minimum absolute atomic E-state index is 0.143. The van der Waals surface area contributed by atoms with Gasteiger partial charge < -0.3 is 10.6 Å². The number of aromatic nitrogens is 1. The number of carbonyl (C=O) groups is 2. The van der Waals surface area contributed by atoms with Crippen molar-refractivity contribution in [2.45, 2.75) is 13.8 Å². The lowest BCUT2D eigenvalue weighted by molar-refractivity contribution is -0.114. The van der Waals surface area contributed by atoms with Crippen molar-refractivity contribution < 1.29 is 9.59 Å². The number of carbonyl (C=O) groups excluding carboxylic acids is 2. The monoisotopic (exact) mass is 385 g/mol. The molecule has 132 valence electrons. The third-order valence-corrected chi connectivity index (χ3v) is 4.98. The molecule has 0 radical (unpaired) electrons. The fraction of sp³-hybridized carbons (Fsp3) is 0.105. The Labute approximate surface area is 160 Å². The first-order valence-electron chi connectivity index (χ1n) is 7.85. The molecular formula is C19H16ClN3O2S. The Morgan fingerprint density at radius 1 is 1.04 bits per heavy atom. The van der Waals surface area contributed by atoms with Crippen LogP contribution >= 0.6 is 22.9 Å². The summed E-state index contributed by atoms with van der Waals surface area (Å²) in [5, 5.41) is 6.90. The molecule has 1 heterocycles. The molecule has 0 aliphatic heterocycles. The maximum Gasteiger partial charge on any atom is 0.267 e. The molecule has 0 saturated heterocycles. The SMILES string of the molecule is CC(=O)Nc1ccc(NC(=O)c2sc(-c3cccc(Cl)c3)nc2C)cc1. The third-order valence-electron chi connectivity index (χ3n) is 3.54. The summed E-state index contributed by atoms with van der Waals surface area (Å²) in [6, 6.07) is 14.3. The maximum absolute atomic E-state index is 12.6. The highest BCUT2D eigenvalue weighted by Crippen LogP contribution is 2.30. The molecule has 1 aromatic heterocycles. The van der Waals surface area contributed by atoms with Crippen LogP contribution in [-0.4, -0.2) is 16.8 Å². The quantitative estimate of drug-likeness (QED) is 0.665. The Morgan fingerprint density at radius 3 is 2.31 bits per heavy atom. The summed E-state index contributed by atoms with van der Waals surface area (Å²) < 4.78 is 0. The molecule has 3 aromatic rings. The minimum Gasteiger partial charge on any atom is -0.326 e. The van der Waals surface area contributed by atoms with Gasteiger partial charge in [0.15, 0.2) is 0 Å². The number of benzene rings is 2. The second-order valence-electron chi connectivity index (χ2n) is 5.66. The number of nitrogens with one attached hydrogen (secondary N) is 2. The second-order valence-corrected chi connectivity index (χ2v) is 7.09. The van der Waals surface area contributed by atoms with Crippen molar-refractivity contribution in [2.24, 2.45) is 0 Å². The predicted octanol–water partition coefficient (Wildman–Crippen LogP) is 4.98. The zero-order valence-corrected chi connectivity index (χ0v) is 15.7. The molecule has 0 aliphatic carbocycles. The summed E-state index contributed by atoms with van der Waals surface area (Å²) >= 11 is 7.35. The van der Waals surface area contributed by atoms with Crippen molar-refractivity contribution in [3.63, 3.8) is 0 Å². The van der Waals surface area contributed by atoms with Crippen LogP contribution in [0.4, 0.5) is 11.4 Å². The van der Waals surface area contributed by atoms with E-state index in [4.69, 9.17) is 11.6 Å². The van der Waals surface area contributed by atoms with Crippen LogP contribution in [0.5, 0.6) is 0 Å². The Balaban J connectivity index is 1.77. The number of anilines is 2. The van der Waals surface area contributed by atoms with Crippen molar-refractivity contribution in [1.29, 1.82) is 0 Å². The van der Waals surface area contributed by atoms with E-state index in [2.05, 4.69) is 15.6 Å². The fourth-order valence-corrected chi connectivity index (χ4v) is 3.53. The summed E-state index contributed by atoms with van der Waals surface area (Å²) in [5.74, 6) is -0.365. The number of amides is 2. The van der Waals surface area contributed by atoms with E-state index in [1.807, 2.05) is 18.2 Å². The van der Waals surface area contributed by atoms with Crippen LogP contribution in [0, 0.1) is 6.92 Å². The standard InChI is InChI=1S/C19H16ClN3O2S/c1-11-17(26-19(21-11)13-4-3-5-14(20)10-13)18(25)23-16-8-6-15(7-9-16)22-12(2)24/h3-10H,1-2H3,(H,22,24)(H,23,25). The molecule has 0 bridgehead atoms. The van der Waals surface area contributed by atoms with Crippen LogP contribution in [0.1, 0.15) is 22.3 Å². The zero-order chi connectivity index (χ0) is 18.7. The van der Waals surface area contributed by atoms with Crippen molar-refractivity contribution in [2.75, 3.05) is 10.6 Å². The molecule has 0 fully saturated rings. The smallest absolute Gasteiger partial charge is 0.267 e. The number of hydrogen-bond acceptors (Lipinski definition) is 4. The first-order valence-corrected chi connectivity index (χ1v) is 9.04. The number of hydrogen-bond donors (Lipinski definition) is 2. The van der Waals surface area contributed by atoms with Crippen LogP contribution in [0.25, 0.3) is 10.6 Å². The van der Waals surface area contributed by atoms with Crippen molar-refractivity contribution in [1.82, 2.24) is 4.98 Å². The molecule has 0 saturated carbocycles. The van der Waals surface area contributed by atoms with Crippen LogP contribution in [-0.2, 0) is 4.79 Å². The van der Waals surface area contributed by atoms with Crippen LogP contribution < -0.4 is 10.6 Å². The summed E-state index contributed by atoms with van der Waals surface area (Å²) in [4.78, 5) is 28.6.